The van der Waals surface area contributed by atoms with Gasteiger partial charge in [0.15, 0.2) is 11.5 Å². The number of benzene rings is 2. The molecule has 1 atom stereocenters. The van der Waals surface area contributed by atoms with Gasteiger partial charge in [-0.15, -0.1) is 0 Å². The summed E-state index contributed by atoms with van der Waals surface area (Å²) in [5.41, 5.74) is 0.865. The number of rotatable bonds is 3. The number of carbonyl (C=O) groups excluding carboxylic acids is 1. The van der Waals surface area contributed by atoms with Crippen LogP contribution >= 0.6 is 11.6 Å². The Morgan fingerprint density at radius 2 is 1.86 bits per heavy atom. The smallest absolute Gasteiger partial charge is 0.264 e. The van der Waals surface area contributed by atoms with Gasteiger partial charge in [0.1, 0.15) is 6.61 Å². The number of para-hydroxylation sites is 2. The Morgan fingerprint density at radius 1 is 1.14 bits per heavy atom. The maximum atomic E-state index is 12.1. The van der Waals surface area contributed by atoms with Crippen molar-refractivity contribution in [2.45, 2.75) is 12.6 Å². The summed E-state index contributed by atoms with van der Waals surface area (Å²) >= 11 is 6.05. The third-order valence-electron chi connectivity index (χ3n) is 3.21. The zero-order valence-electron chi connectivity index (χ0n) is 11.2. The zero-order chi connectivity index (χ0) is 14.7. The summed E-state index contributed by atoms with van der Waals surface area (Å²) < 4.78 is 11.2. The third kappa shape index (κ3) is 3.11. The predicted molar refractivity (Wildman–Crippen MR) is 79.7 cm³/mol. The molecule has 1 heterocycles. The first-order chi connectivity index (χ1) is 10.2. The van der Waals surface area contributed by atoms with Crippen molar-refractivity contribution < 1.29 is 14.3 Å². The molecule has 4 nitrogen and oxygen atoms in total. The Hall–Kier alpha value is -2.20. The van der Waals surface area contributed by atoms with Crippen molar-refractivity contribution in [2.24, 2.45) is 0 Å². The fourth-order valence-corrected chi connectivity index (χ4v) is 2.29. The molecule has 1 amide bonds. The summed E-state index contributed by atoms with van der Waals surface area (Å²) in [5.74, 6) is 1.03. The molecule has 2 aromatic rings. The van der Waals surface area contributed by atoms with Crippen LogP contribution in [0.2, 0.25) is 5.02 Å². The summed E-state index contributed by atoms with van der Waals surface area (Å²) in [7, 11) is 0. The van der Waals surface area contributed by atoms with Gasteiger partial charge in [0.05, 0.1) is 0 Å². The van der Waals surface area contributed by atoms with Crippen LogP contribution in [0.3, 0.4) is 0 Å². The monoisotopic (exact) mass is 303 g/mol. The number of hydrogen-bond donors (Lipinski definition) is 1. The van der Waals surface area contributed by atoms with E-state index in [-0.39, 0.29) is 12.5 Å². The number of fused-ring (bicyclic) bond motifs is 1. The van der Waals surface area contributed by atoms with E-state index in [9.17, 15) is 4.79 Å². The molecular weight excluding hydrogens is 290 g/mol. The van der Waals surface area contributed by atoms with Crippen LogP contribution in [0.15, 0.2) is 48.5 Å². The molecule has 2 aromatic carbocycles. The molecule has 0 spiro atoms. The van der Waals surface area contributed by atoms with Gasteiger partial charge in [-0.25, -0.2) is 0 Å². The summed E-state index contributed by atoms with van der Waals surface area (Å²) in [6.45, 7) is 0.561. The largest absolute Gasteiger partial charge is 0.485 e. The third-order valence-corrected chi connectivity index (χ3v) is 3.58. The molecule has 0 aromatic heterocycles. The van der Waals surface area contributed by atoms with Gasteiger partial charge in [-0.2, -0.15) is 0 Å². The van der Waals surface area contributed by atoms with Gasteiger partial charge < -0.3 is 14.8 Å². The minimum absolute atomic E-state index is 0.200. The Labute approximate surface area is 127 Å². The van der Waals surface area contributed by atoms with Crippen LogP contribution in [0.1, 0.15) is 5.56 Å². The van der Waals surface area contributed by atoms with Crippen molar-refractivity contribution in [1.29, 1.82) is 0 Å². The number of amides is 1. The van der Waals surface area contributed by atoms with Crippen molar-refractivity contribution in [2.75, 3.05) is 6.61 Å². The lowest BCUT2D eigenvalue weighted by Crippen LogP contribution is -2.43. The number of halogens is 1. The van der Waals surface area contributed by atoms with Gasteiger partial charge in [-0.05, 0) is 23.8 Å². The second-order valence-electron chi connectivity index (χ2n) is 4.67. The maximum absolute atomic E-state index is 12.1. The van der Waals surface area contributed by atoms with Crippen molar-refractivity contribution in [3.8, 4) is 11.5 Å². The fourth-order valence-electron chi connectivity index (χ4n) is 2.09. The quantitative estimate of drug-likeness (QED) is 0.948. The van der Waals surface area contributed by atoms with E-state index >= 15 is 0 Å². The first-order valence-electron chi connectivity index (χ1n) is 6.63. The lowest BCUT2D eigenvalue weighted by atomic mass is 10.2. The van der Waals surface area contributed by atoms with Gasteiger partial charge in [-0.3, -0.25) is 4.79 Å². The molecule has 1 N–H and O–H groups in total. The van der Waals surface area contributed by atoms with Crippen LogP contribution in [0.4, 0.5) is 0 Å². The van der Waals surface area contributed by atoms with E-state index in [0.717, 1.165) is 5.56 Å². The highest BCUT2D eigenvalue weighted by molar-refractivity contribution is 6.31. The maximum Gasteiger partial charge on any atom is 0.264 e. The number of nitrogens with one attached hydrogen (secondary N) is 1. The standard InChI is InChI=1S/C16H14ClNO3/c17-12-6-2-1-5-11(12)9-18-16(19)15-10-20-13-7-3-4-8-14(13)21-15/h1-8,15H,9-10H2,(H,18,19). The molecule has 0 saturated carbocycles. The van der Waals surface area contributed by atoms with Gasteiger partial charge in [0.2, 0.25) is 6.10 Å². The molecule has 0 saturated heterocycles. The van der Waals surface area contributed by atoms with Crippen LogP contribution in [0.25, 0.3) is 0 Å². The SMILES string of the molecule is O=C(NCc1ccccc1Cl)C1COc2ccccc2O1. The molecule has 5 heteroatoms. The first-order valence-corrected chi connectivity index (χ1v) is 7.01. The molecular formula is C16H14ClNO3. The first kappa shape index (κ1) is 13.8. The average Bonchev–Trinajstić information content (AvgIpc) is 2.53. The Morgan fingerprint density at radius 3 is 2.67 bits per heavy atom. The zero-order valence-corrected chi connectivity index (χ0v) is 12.0. The number of ether oxygens (including phenoxy) is 2. The normalized spacial score (nSPS) is 16.3. The molecule has 21 heavy (non-hydrogen) atoms. The highest BCUT2D eigenvalue weighted by Crippen LogP contribution is 2.30. The minimum Gasteiger partial charge on any atom is -0.485 e. The molecule has 0 radical (unpaired) electrons. The van der Waals surface area contributed by atoms with Crippen molar-refractivity contribution in [3.63, 3.8) is 0 Å². The Balaban J connectivity index is 1.61. The summed E-state index contributed by atoms with van der Waals surface area (Å²) in [6, 6.07) is 14.7. The minimum atomic E-state index is -0.651. The van der Waals surface area contributed by atoms with Crippen molar-refractivity contribution >= 4 is 17.5 Å². The molecule has 0 aliphatic carbocycles. The highest BCUT2D eigenvalue weighted by atomic mass is 35.5. The summed E-state index contributed by atoms with van der Waals surface area (Å²) in [5, 5.41) is 3.44. The Bertz CT molecular complexity index is 659. The molecule has 0 bridgehead atoms. The van der Waals surface area contributed by atoms with Crippen LogP contribution in [0, 0.1) is 0 Å². The second kappa shape index (κ2) is 6.06. The van der Waals surface area contributed by atoms with Crippen molar-refractivity contribution in [3.05, 3.63) is 59.1 Å². The predicted octanol–water partition coefficient (Wildman–Crippen LogP) is 2.80. The molecule has 0 fully saturated rings. The van der Waals surface area contributed by atoms with E-state index in [2.05, 4.69) is 5.32 Å². The Kier molecular flexibility index (Phi) is 3.97. The topological polar surface area (TPSA) is 47.6 Å². The van der Waals surface area contributed by atoms with Gasteiger partial charge in [-0.1, -0.05) is 41.9 Å². The van der Waals surface area contributed by atoms with Gasteiger partial charge in [0, 0.05) is 11.6 Å². The van der Waals surface area contributed by atoms with Crippen LogP contribution in [0.5, 0.6) is 11.5 Å². The van der Waals surface area contributed by atoms with E-state index in [0.29, 0.717) is 23.1 Å². The van der Waals surface area contributed by atoms with Crippen LogP contribution < -0.4 is 14.8 Å². The summed E-state index contributed by atoms with van der Waals surface area (Å²) in [4.78, 5) is 12.1. The molecule has 108 valence electrons. The average molecular weight is 304 g/mol. The van der Waals surface area contributed by atoms with E-state index in [1.807, 2.05) is 36.4 Å². The van der Waals surface area contributed by atoms with E-state index in [4.69, 9.17) is 21.1 Å². The molecule has 1 aliphatic rings. The van der Waals surface area contributed by atoms with E-state index < -0.39 is 6.10 Å². The lowest BCUT2D eigenvalue weighted by Gasteiger charge is -2.25. The van der Waals surface area contributed by atoms with Gasteiger partial charge >= 0.3 is 0 Å². The molecule has 1 unspecified atom stereocenters. The fraction of sp³-hybridized carbons (Fsp3) is 0.188. The number of hydrogen-bond acceptors (Lipinski definition) is 3. The lowest BCUT2D eigenvalue weighted by molar-refractivity contribution is -0.130. The molecule has 1 aliphatic heterocycles. The molecule has 3 rings (SSSR count). The van der Waals surface area contributed by atoms with E-state index in [1.54, 1.807) is 12.1 Å². The highest BCUT2D eigenvalue weighted by Gasteiger charge is 2.26. The van der Waals surface area contributed by atoms with Crippen LogP contribution in [-0.4, -0.2) is 18.6 Å². The van der Waals surface area contributed by atoms with Crippen molar-refractivity contribution in [1.82, 2.24) is 5.32 Å². The van der Waals surface area contributed by atoms with Crippen LogP contribution in [-0.2, 0) is 11.3 Å². The van der Waals surface area contributed by atoms with Gasteiger partial charge in [0.25, 0.3) is 5.91 Å². The number of carbonyl (C=O) groups is 1. The van der Waals surface area contributed by atoms with E-state index in [1.165, 1.54) is 0 Å². The summed E-state index contributed by atoms with van der Waals surface area (Å²) in [6.07, 6.45) is -0.651. The second-order valence-corrected chi connectivity index (χ2v) is 5.08.